The van der Waals surface area contributed by atoms with Gasteiger partial charge in [-0.1, -0.05) is 24.3 Å². The fraction of sp³-hybridized carbons (Fsp3) is 0.389. The van der Waals surface area contributed by atoms with Crippen molar-refractivity contribution in [1.82, 2.24) is 9.88 Å². The van der Waals surface area contributed by atoms with E-state index in [9.17, 15) is 0 Å². The van der Waals surface area contributed by atoms with Crippen molar-refractivity contribution in [3.63, 3.8) is 0 Å². The van der Waals surface area contributed by atoms with Crippen LogP contribution in [0, 0.1) is 0 Å². The van der Waals surface area contributed by atoms with Gasteiger partial charge in [0.25, 0.3) is 0 Å². The highest BCUT2D eigenvalue weighted by Gasteiger charge is 2.28. The lowest BCUT2D eigenvalue weighted by Gasteiger charge is -2.22. The standard InChI is InChI=1S/C18H22N2O/c21-11-3-10-20(18-7-8-18)14-15-4-1-5-16(12-15)17-6-2-9-19-13-17/h1-2,4-6,9,12-13,18,21H,3,7-8,10-11,14H2. The molecule has 0 bridgehead atoms. The van der Waals surface area contributed by atoms with Gasteiger partial charge >= 0.3 is 0 Å². The molecule has 1 aromatic carbocycles. The van der Waals surface area contributed by atoms with Gasteiger partial charge in [-0.2, -0.15) is 0 Å². The summed E-state index contributed by atoms with van der Waals surface area (Å²) in [6.45, 7) is 2.23. The summed E-state index contributed by atoms with van der Waals surface area (Å²) in [5.74, 6) is 0. The van der Waals surface area contributed by atoms with Gasteiger partial charge in [-0.25, -0.2) is 0 Å². The van der Waals surface area contributed by atoms with Crippen molar-refractivity contribution in [3.8, 4) is 11.1 Å². The molecule has 0 unspecified atom stereocenters. The van der Waals surface area contributed by atoms with Crippen molar-refractivity contribution < 1.29 is 5.11 Å². The first-order chi connectivity index (χ1) is 10.4. The van der Waals surface area contributed by atoms with E-state index in [-0.39, 0.29) is 6.61 Å². The third-order valence-electron chi connectivity index (χ3n) is 3.97. The van der Waals surface area contributed by atoms with E-state index in [1.165, 1.54) is 24.0 Å². The SMILES string of the molecule is OCCCN(Cc1cccc(-c2cccnc2)c1)C1CC1. The first-order valence-corrected chi connectivity index (χ1v) is 7.71. The van der Waals surface area contributed by atoms with Gasteiger partial charge in [0.1, 0.15) is 0 Å². The van der Waals surface area contributed by atoms with Crippen molar-refractivity contribution >= 4 is 0 Å². The van der Waals surface area contributed by atoms with Crippen LogP contribution in [-0.2, 0) is 6.54 Å². The van der Waals surface area contributed by atoms with Gasteiger partial charge in [0, 0.05) is 38.1 Å². The fourth-order valence-electron chi connectivity index (χ4n) is 2.72. The average Bonchev–Trinajstić information content (AvgIpc) is 3.37. The van der Waals surface area contributed by atoms with Crippen LogP contribution in [-0.4, -0.2) is 34.2 Å². The lowest BCUT2D eigenvalue weighted by atomic mass is 10.0. The number of hydrogen-bond donors (Lipinski definition) is 1. The highest BCUT2D eigenvalue weighted by atomic mass is 16.3. The molecule has 21 heavy (non-hydrogen) atoms. The molecule has 3 heteroatoms. The van der Waals surface area contributed by atoms with E-state index in [0.29, 0.717) is 0 Å². The molecule has 0 saturated heterocycles. The summed E-state index contributed by atoms with van der Waals surface area (Å²) in [7, 11) is 0. The van der Waals surface area contributed by atoms with E-state index in [0.717, 1.165) is 31.1 Å². The Morgan fingerprint density at radius 3 is 2.71 bits per heavy atom. The van der Waals surface area contributed by atoms with Gasteiger partial charge in [0.15, 0.2) is 0 Å². The second-order valence-electron chi connectivity index (χ2n) is 5.72. The van der Waals surface area contributed by atoms with E-state index < -0.39 is 0 Å². The Kier molecular flexibility index (Phi) is 4.63. The zero-order valence-electron chi connectivity index (χ0n) is 12.3. The van der Waals surface area contributed by atoms with Crippen molar-refractivity contribution in [2.75, 3.05) is 13.2 Å². The number of rotatable bonds is 7. The van der Waals surface area contributed by atoms with Crippen LogP contribution in [0.2, 0.25) is 0 Å². The highest BCUT2D eigenvalue weighted by molar-refractivity contribution is 5.62. The Hall–Kier alpha value is -1.71. The average molecular weight is 282 g/mol. The summed E-state index contributed by atoms with van der Waals surface area (Å²) >= 11 is 0. The summed E-state index contributed by atoms with van der Waals surface area (Å²) in [6, 6.07) is 13.5. The predicted octanol–water partition coefficient (Wildman–Crippen LogP) is 3.10. The Morgan fingerprint density at radius 2 is 2.00 bits per heavy atom. The number of pyridine rings is 1. The molecule has 110 valence electrons. The highest BCUT2D eigenvalue weighted by Crippen LogP contribution is 2.29. The third kappa shape index (κ3) is 3.90. The Morgan fingerprint density at radius 1 is 1.14 bits per heavy atom. The number of aliphatic hydroxyl groups excluding tert-OH is 1. The first kappa shape index (κ1) is 14.2. The molecule has 1 aliphatic carbocycles. The molecule has 0 amide bonds. The van der Waals surface area contributed by atoms with Crippen LogP contribution in [0.5, 0.6) is 0 Å². The van der Waals surface area contributed by atoms with Gasteiger partial charge in [-0.3, -0.25) is 9.88 Å². The molecule has 1 saturated carbocycles. The van der Waals surface area contributed by atoms with Gasteiger partial charge in [0.05, 0.1) is 0 Å². The van der Waals surface area contributed by atoms with Crippen LogP contribution in [0.4, 0.5) is 0 Å². The zero-order valence-corrected chi connectivity index (χ0v) is 12.3. The maximum absolute atomic E-state index is 9.04. The number of benzene rings is 1. The summed E-state index contributed by atoms with van der Waals surface area (Å²) in [6.07, 6.45) is 7.17. The zero-order chi connectivity index (χ0) is 14.5. The van der Waals surface area contributed by atoms with Crippen molar-refractivity contribution in [1.29, 1.82) is 0 Å². The molecule has 3 nitrogen and oxygen atoms in total. The van der Waals surface area contributed by atoms with E-state index in [1.54, 1.807) is 6.20 Å². The van der Waals surface area contributed by atoms with Crippen LogP contribution in [0.1, 0.15) is 24.8 Å². The lowest BCUT2D eigenvalue weighted by molar-refractivity contribution is 0.211. The van der Waals surface area contributed by atoms with Crippen LogP contribution in [0.25, 0.3) is 11.1 Å². The van der Waals surface area contributed by atoms with Crippen molar-refractivity contribution in [2.24, 2.45) is 0 Å². The van der Waals surface area contributed by atoms with Crippen LogP contribution < -0.4 is 0 Å². The van der Waals surface area contributed by atoms with E-state index in [1.807, 2.05) is 12.3 Å². The first-order valence-electron chi connectivity index (χ1n) is 7.71. The molecule has 1 fully saturated rings. The molecule has 0 radical (unpaired) electrons. The molecule has 0 spiro atoms. The third-order valence-corrected chi connectivity index (χ3v) is 3.97. The Balaban J connectivity index is 1.73. The molecule has 1 heterocycles. The molecule has 3 rings (SSSR count). The summed E-state index contributed by atoms with van der Waals surface area (Å²) in [4.78, 5) is 6.69. The molecule has 1 aliphatic rings. The summed E-state index contributed by atoms with van der Waals surface area (Å²) in [5, 5.41) is 9.04. The maximum Gasteiger partial charge on any atom is 0.0443 e. The van der Waals surface area contributed by atoms with E-state index >= 15 is 0 Å². The number of aliphatic hydroxyl groups is 1. The Bertz CT molecular complexity index is 566. The van der Waals surface area contributed by atoms with E-state index in [4.69, 9.17) is 5.11 Å². The Labute approximate surface area is 126 Å². The maximum atomic E-state index is 9.04. The minimum Gasteiger partial charge on any atom is -0.396 e. The van der Waals surface area contributed by atoms with Gasteiger partial charge < -0.3 is 5.11 Å². The topological polar surface area (TPSA) is 36.4 Å². The fourth-order valence-corrected chi connectivity index (χ4v) is 2.72. The monoisotopic (exact) mass is 282 g/mol. The van der Waals surface area contributed by atoms with Crippen LogP contribution in [0.15, 0.2) is 48.8 Å². The van der Waals surface area contributed by atoms with Gasteiger partial charge in [-0.15, -0.1) is 0 Å². The van der Waals surface area contributed by atoms with Crippen LogP contribution in [0.3, 0.4) is 0 Å². The number of nitrogens with zero attached hydrogens (tertiary/aromatic N) is 2. The minimum atomic E-state index is 0.277. The molecule has 0 aliphatic heterocycles. The molecular formula is C18H22N2O. The second-order valence-corrected chi connectivity index (χ2v) is 5.72. The molecular weight excluding hydrogens is 260 g/mol. The molecule has 2 aromatic rings. The van der Waals surface area contributed by atoms with Crippen molar-refractivity contribution in [2.45, 2.75) is 31.8 Å². The van der Waals surface area contributed by atoms with Crippen molar-refractivity contribution in [3.05, 3.63) is 54.4 Å². The van der Waals surface area contributed by atoms with E-state index in [2.05, 4.69) is 40.2 Å². The second kappa shape index (κ2) is 6.83. The molecule has 0 atom stereocenters. The number of aromatic nitrogens is 1. The molecule has 1 aromatic heterocycles. The van der Waals surface area contributed by atoms with Gasteiger partial charge in [-0.05, 0) is 48.1 Å². The summed E-state index contributed by atoms with van der Waals surface area (Å²) < 4.78 is 0. The molecule has 1 N–H and O–H groups in total. The normalized spacial score (nSPS) is 14.6. The quantitative estimate of drug-likeness (QED) is 0.847. The number of hydrogen-bond acceptors (Lipinski definition) is 3. The minimum absolute atomic E-state index is 0.277. The predicted molar refractivity (Wildman–Crippen MR) is 84.8 cm³/mol. The van der Waals surface area contributed by atoms with Gasteiger partial charge in [0.2, 0.25) is 0 Å². The lowest BCUT2D eigenvalue weighted by Crippen LogP contribution is -2.27. The smallest absolute Gasteiger partial charge is 0.0443 e. The largest absolute Gasteiger partial charge is 0.396 e. The van der Waals surface area contributed by atoms with Crippen LogP contribution >= 0.6 is 0 Å². The summed E-state index contributed by atoms with van der Waals surface area (Å²) in [5.41, 5.74) is 3.72.